The maximum absolute atomic E-state index is 11.7. The molecule has 0 aliphatic heterocycles. The van der Waals surface area contributed by atoms with Crippen LogP contribution in [0.3, 0.4) is 0 Å². The minimum Gasteiger partial charge on any atom is -0.481 e. The Hall–Kier alpha value is -3.51. The molecule has 1 heterocycles. The van der Waals surface area contributed by atoms with Crippen LogP contribution in [0.15, 0.2) is 72.9 Å². The number of pyridine rings is 1. The van der Waals surface area contributed by atoms with Gasteiger partial charge >= 0.3 is 5.97 Å². The fourth-order valence-corrected chi connectivity index (χ4v) is 3.06. The quantitative estimate of drug-likeness (QED) is 0.492. The van der Waals surface area contributed by atoms with E-state index in [1.165, 1.54) is 11.1 Å². The van der Waals surface area contributed by atoms with Crippen LogP contribution >= 0.6 is 0 Å². The number of nitrogens with one attached hydrogen (secondary N) is 2. The molecule has 0 aliphatic rings. The summed E-state index contributed by atoms with van der Waals surface area (Å²) in [6, 6.07) is 22.4. The molecule has 3 rings (SSSR count). The average Bonchev–Trinajstić information content (AvgIpc) is 2.77. The van der Waals surface area contributed by atoms with Gasteiger partial charge in [-0.15, -0.1) is 0 Å². The molecule has 1 aromatic heterocycles. The summed E-state index contributed by atoms with van der Waals surface area (Å²) in [5, 5.41) is 14.8. The Morgan fingerprint density at radius 1 is 0.967 bits per heavy atom. The van der Waals surface area contributed by atoms with Crippen molar-refractivity contribution in [1.29, 1.82) is 0 Å². The second-order valence-electron chi connectivity index (χ2n) is 7.09. The number of carboxylic acid groups (broad SMARTS) is 1. The standard InChI is InChI=1S/C24H25N3O3/c1-17(19-7-3-2-4-8-19)25-15-18-6-5-9-20(14-18)21-10-11-22(26-16-21)27-23(28)12-13-24(29)30/h2-11,14,16-17,25H,12-13,15H2,1H3,(H,29,30)(H,26,27,28)/t17-/m1/s1. The first-order valence-corrected chi connectivity index (χ1v) is 9.86. The van der Waals surface area contributed by atoms with Crippen LogP contribution in [0.5, 0.6) is 0 Å². The van der Waals surface area contributed by atoms with Gasteiger partial charge in [-0.2, -0.15) is 0 Å². The number of anilines is 1. The molecule has 3 aromatic rings. The lowest BCUT2D eigenvalue weighted by atomic mass is 10.0. The molecule has 0 saturated carbocycles. The number of rotatable bonds is 9. The summed E-state index contributed by atoms with van der Waals surface area (Å²) in [7, 11) is 0. The van der Waals surface area contributed by atoms with E-state index in [1.807, 2.05) is 36.4 Å². The number of amides is 1. The third kappa shape index (κ3) is 6.25. The lowest BCUT2D eigenvalue weighted by Gasteiger charge is -2.15. The van der Waals surface area contributed by atoms with Crippen molar-refractivity contribution < 1.29 is 14.7 Å². The largest absolute Gasteiger partial charge is 0.481 e. The van der Waals surface area contributed by atoms with Gasteiger partial charge in [0.15, 0.2) is 0 Å². The van der Waals surface area contributed by atoms with Crippen molar-refractivity contribution in [3.63, 3.8) is 0 Å². The topological polar surface area (TPSA) is 91.3 Å². The van der Waals surface area contributed by atoms with Crippen molar-refractivity contribution in [3.05, 3.63) is 84.1 Å². The van der Waals surface area contributed by atoms with Gasteiger partial charge in [-0.05, 0) is 41.8 Å². The molecular formula is C24H25N3O3. The van der Waals surface area contributed by atoms with Crippen molar-refractivity contribution in [3.8, 4) is 11.1 Å². The fourth-order valence-electron chi connectivity index (χ4n) is 3.06. The zero-order valence-electron chi connectivity index (χ0n) is 16.8. The van der Waals surface area contributed by atoms with Gasteiger partial charge in [0.1, 0.15) is 5.82 Å². The molecule has 0 radical (unpaired) electrons. The molecule has 6 heteroatoms. The van der Waals surface area contributed by atoms with E-state index in [0.717, 1.165) is 17.7 Å². The molecular weight excluding hydrogens is 378 g/mol. The third-order valence-corrected chi connectivity index (χ3v) is 4.77. The summed E-state index contributed by atoms with van der Waals surface area (Å²) in [5.74, 6) is -0.956. The van der Waals surface area contributed by atoms with E-state index in [0.29, 0.717) is 5.82 Å². The summed E-state index contributed by atoms with van der Waals surface area (Å²) >= 11 is 0. The zero-order chi connectivity index (χ0) is 21.3. The van der Waals surface area contributed by atoms with Crippen LogP contribution in [0, 0.1) is 0 Å². The average molecular weight is 403 g/mol. The number of hydrogen-bond donors (Lipinski definition) is 3. The molecule has 0 unspecified atom stereocenters. The van der Waals surface area contributed by atoms with Crippen LogP contribution in [0.25, 0.3) is 11.1 Å². The normalized spacial score (nSPS) is 11.6. The molecule has 0 saturated heterocycles. The van der Waals surface area contributed by atoms with E-state index >= 15 is 0 Å². The predicted octanol–water partition coefficient (Wildman–Crippen LogP) is 4.40. The van der Waals surface area contributed by atoms with E-state index < -0.39 is 5.97 Å². The highest BCUT2D eigenvalue weighted by molar-refractivity contribution is 5.91. The Kier molecular flexibility index (Phi) is 7.29. The Bertz CT molecular complexity index is 988. The number of aromatic nitrogens is 1. The molecule has 0 fully saturated rings. The fraction of sp³-hybridized carbons (Fsp3) is 0.208. The maximum atomic E-state index is 11.7. The maximum Gasteiger partial charge on any atom is 0.303 e. The highest BCUT2D eigenvalue weighted by Gasteiger charge is 2.08. The van der Waals surface area contributed by atoms with E-state index in [4.69, 9.17) is 5.11 Å². The monoisotopic (exact) mass is 403 g/mol. The van der Waals surface area contributed by atoms with Crippen LogP contribution < -0.4 is 10.6 Å². The number of nitrogens with zero attached hydrogens (tertiary/aromatic N) is 1. The van der Waals surface area contributed by atoms with Gasteiger partial charge in [0, 0.05) is 30.8 Å². The van der Waals surface area contributed by atoms with Gasteiger partial charge in [-0.25, -0.2) is 4.98 Å². The second-order valence-corrected chi connectivity index (χ2v) is 7.09. The molecule has 30 heavy (non-hydrogen) atoms. The molecule has 3 N–H and O–H groups in total. The lowest BCUT2D eigenvalue weighted by Crippen LogP contribution is -2.17. The van der Waals surface area contributed by atoms with E-state index in [2.05, 4.69) is 46.8 Å². The number of carboxylic acids is 1. The smallest absolute Gasteiger partial charge is 0.303 e. The second kappa shape index (κ2) is 10.3. The lowest BCUT2D eigenvalue weighted by molar-refractivity contribution is -0.138. The third-order valence-electron chi connectivity index (χ3n) is 4.77. The predicted molar refractivity (Wildman–Crippen MR) is 117 cm³/mol. The van der Waals surface area contributed by atoms with Crippen LogP contribution in [-0.4, -0.2) is 22.0 Å². The Morgan fingerprint density at radius 2 is 1.77 bits per heavy atom. The van der Waals surface area contributed by atoms with Crippen LogP contribution in [0.4, 0.5) is 5.82 Å². The van der Waals surface area contributed by atoms with Gasteiger partial charge in [-0.3, -0.25) is 9.59 Å². The molecule has 2 aromatic carbocycles. The molecule has 1 atom stereocenters. The van der Waals surface area contributed by atoms with Gasteiger partial charge < -0.3 is 15.7 Å². The Morgan fingerprint density at radius 3 is 2.47 bits per heavy atom. The molecule has 0 aliphatic carbocycles. The SMILES string of the molecule is C[C@@H](NCc1cccc(-c2ccc(NC(=O)CCC(=O)O)nc2)c1)c1ccccc1. The van der Waals surface area contributed by atoms with Crippen LogP contribution in [0.1, 0.15) is 36.9 Å². The summed E-state index contributed by atoms with van der Waals surface area (Å²) in [5.41, 5.74) is 4.40. The van der Waals surface area contributed by atoms with E-state index in [9.17, 15) is 9.59 Å². The van der Waals surface area contributed by atoms with Gasteiger partial charge in [0.25, 0.3) is 0 Å². The summed E-state index contributed by atoms with van der Waals surface area (Å²) in [6.07, 6.45) is 1.43. The highest BCUT2D eigenvalue weighted by Crippen LogP contribution is 2.21. The Labute approximate surface area is 176 Å². The highest BCUT2D eigenvalue weighted by atomic mass is 16.4. The minimum atomic E-state index is -0.999. The van der Waals surface area contributed by atoms with Crippen LogP contribution in [0.2, 0.25) is 0 Å². The molecule has 0 spiro atoms. The zero-order valence-corrected chi connectivity index (χ0v) is 16.8. The Balaban J connectivity index is 1.60. The van der Waals surface area contributed by atoms with Crippen molar-refractivity contribution in [2.75, 3.05) is 5.32 Å². The van der Waals surface area contributed by atoms with Gasteiger partial charge in [0.05, 0.1) is 6.42 Å². The summed E-state index contributed by atoms with van der Waals surface area (Å²) in [4.78, 5) is 26.5. The van der Waals surface area contributed by atoms with Crippen molar-refractivity contribution in [1.82, 2.24) is 10.3 Å². The van der Waals surface area contributed by atoms with E-state index in [-0.39, 0.29) is 24.8 Å². The molecule has 6 nitrogen and oxygen atoms in total. The molecule has 0 bridgehead atoms. The first-order chi connectivity index (χ1) is 14.5. The molecule has 154 valence electrons. The van der Waals surface area contributed by atoms with Crippen molar-refractivity contribution in [2.45, 2.75) is 32.4 Å². The first kappa shape index (κ1) is 21.2. The van der Waals surface area contributed by atoms with E-state index in [1.54, 1.807) is 12.3 Å². The molecule has 1 amide bonds. The summed E-state index contributed by atoms with van der Waals surface area (Å²) < 4.78 is 0. The summed E-state index contributed by atoms with van der Waals surface area (Å²) in [6.45, 7) is 2.89. The van der Waals surface area contributed by atoms with Gasteiger partial charge in [-0.1, -0.05) is 48.5 Å². The minimum absolute atomic E-state index is 0.0742. The number of hydrogen-bond acceptors (Lipinski definition) is 4. The number of aliphatic carboxylic acids is 1. The van der Waals surface area contributed by atoms with Gasteiger partial charge in [0.2, 0.25) is 5.91 Å². The number of carbonyl (C=O) groups is 2. The number of benzene rings is 2. The van der Waals surface area contributed by atoms with Crippen molar-refractivity contribution >= 4 is 17.7 Å². The number of carbonyl (C=O) groups excluding carboxylic acids is 1. The van der Waals surface area contributed by atoms with Crippen molar-refractivity contribution in [2.24, 2.45) is 0 Å². The van der Waals surface area contributed by atoms with Crippen LogP contribution in [-0.2, 0) is 16.1 Å². The first-order valence-electron chi connectivity index (χ1n) is 9.86.